The van der Waals surface area contributed by atoms with Crippen LogP contribution in [0.15, 0.2) is 48.5 Å². The Morgan fingerprint density at radius 2 is 1.50 bits per heavy atom. The largest absolute Gasteiger partial charge is 0.335 e. The topological polar surface area (TPSA) is 53.5 Å². The standard InChI is InChI=1S/C25H27N3O2/c1-4-19-6-8-20(9-7-19)24(29)27-11-13-28(14-12-27)25(30)22-16-21-15-17(2)5-10-23(21)26-18(22)3/h5-10,15-16H,4,11-14H2,1-3H3. The van der Waals surface area contributed by atoms with Gasteiger partial charge in [-0.2, -0.15) is 0 Å². The second-order valence-electron chi connectivity index (χ2n) is 7.95. The highest BCUT2D eigenvalue weighted by atomic mass is 16.2. The van der Waals surface area contributed by atoms with Gasteiger partial charge in [-0.15, -0.1) is 0 Å². The Labute approximate surface area is 177 Å². The van der Waals surface area contributed by atoms with Gasteiger partial charge in [0.1, 0.15) is 0 Å². The zero-order valence-corrected chi connectivity index (χ0v) is 17.8. The fourth-order valence-corrected chi connectivity index (χ4v) is 3.96. The van der Waals surface area contributed by atoms with Crippen LogP contribution in [0.4, 0.5) is 0 Å². The molecule has 3 aromatic rings. The molecule has 0 radical (unpaired) electrons. The van der Waals surface area contributed by atoms with Crippen LogP contribution in [0.25, 0.3) is 10.9 Å². The Balaban J connectivity index is 1.46. The molecule has 1 aromatic heterocycles. The van der Waals surface area contributed by atoms with E-state index in [1.807, 2.05) is 66.1 Å². The van der Waals surface area contributed by atoms with Gasteiger partial charge in [0.25, 0.3) is 11.8 Å². The van der Waals surface area contributed by atoms with Crippen molar-refractivity contribution in [1.29, 1.82) is 0 Å². The summed E-state index contributed by atoms with van der Waals surface area (Å²) < 4.78 is 0. The molecule has 5 heteroatoms. The predicted octanol–water partition coefficient (Wildman–Crippen LogP) is 4.01. The first-order chi connectivity index (χ1) is 14.5. The summed E-state index contributed by atoms with van der Waals surface area (Å²) in [5.41, 5.74) is 5.35. The molecule has 0 unspecified atom stereocenters. The number of carbonyl (C=O) groups is 2. The molecule has 1 aliphatic heterocycles. The van der Waals surface area contributed by atoms with Crippen LogP contribution in [0.1, 0.15) is 44.5 Å². The van der Waals surface area contributed by atoms with Crippen molar-refractivity contribution in [3.63, 3.8) is 0 Å². The van der Waals surface area contributed by atoms with Crippen LogP contribution in [0, 0.1) is 13.8 Å². The second-order valence-corrected chi connectivity index (χ2v) is 7.95. The van der Waals surface area contributed by atoms with E-state index in [0.29, 0.717) is 37.3 Å². The number of benzene rings is 2. The number of piperazine rings is 1. The second kappa shape index (κ2) is 8.27. The number of rotatable bonds is 3. The monoisotopic (exact) mass is 401 g/mol. The highest BCUT2D eigenvalue weighted by molar-refractivity contribution is 5.99. The summed E-state index contributed by atoms with van der Waals surface area (Å²) in [5, 5.41) is 0.980. The van der Waals surface area contributed by atoms with Crippen LogP contribution < -0.4 is 0 Å². The average molecular weight is 402 g/mol. The summed E-state index contributed by atoms with van der Waals surface area (Å²) >= 11 is 0. The summed E-state index contributed by atoms with van der Waals surface area (Å²) in [4.78, 5) is 34.2. The zero-order chi connectivity index (χ0) is 21.3. The highest BCUT2D eigenvalue weighted by Crippen LogP contribution is 2.20. The number of aryl methyl sites for hydroxylation is 3. The van der Waals surface area contributed by atoms with Crippen LogP contribution in [-0.4, -0.2) is 52.8 Å². The predicted molar refractivity (Wildman–Crippen MR) is 119 cm³/mol. The van der Waals surface area contributed by atoms with Gasteiger partial charge < -0.3 is 9.80 Å². The highest BCUT2D eigenvalue weighted by Gasteiger charge is 2.26. The Morgan fingerprint density at radius 1 is 0.867 bits per heavy atom. The number of nitrogens with zero attached hydrogens (tertiary/aromatic N) is 3. The molecular weight excluding hydrogens is 374 g/mol. The van der Waals surface area contributed by atoms with Crippen molar-refractivity contribution >= 4 is 22.7 Å². The minimum absolute atomic E-state index is 0.0113. The van der Waals surface area contributed by atoms with Crippen LogP contribution in [-0.2, 0) is 6.42 Å². The SMILES string of the molecule is CCc1ccc(C(=O)N2CCN(C(=O)c3cc4cc(C)ccc4nc3C)CC2)cc1. The van der Waals surface area contributed by atoms with Gasteiger partial charge in [-0.1, -0.05) is 30.7 Å². The maximum atomic E-state index is 13.1. The Morgan fingerprint density at radius 3 is 2.13 bits per heavy atom. The zero-order valence-electron chi connectivity index (χ0n) is 17.8. The molecule has 0 atom stereocenters. The average Bonchev–Trinajstić information content (AvgIpc) is 2.78. The van der Waals surface area contributed by atoms with Gasteiger partial charge >= 0.3 is 0 Å². The molecule has 0 N–H and O–H groups in total. The third-order valence-corrected chi connectivity index (χ3v) is 5.85. The van der Waals surface area contributed by atoms with E-state index in [1.54, 1.807) is 0 Å². The maximum absolute atomic E-state index is 13.1. The van der Waals surface area contributed by atoms with Crippen molar-refractivity contribution in [3.05, 3.63) is 76.5 Å². The number of fused-ring (bicyclic) bond motifs is 1. The third kappa shape index (κ3) is 3.92. The number of hydrogen-bond donors (Lipinski definition) is 0. The number of aromatic nitrogens is 1. The Hall–Kier alpha value is -3.21. The van der Waals surface area contributed by atoms with Crippen LogP contribution in [0.2, 0.25) is 0 Å². The van der Waals surface area contributed by atoms with E-state index in [1.165, 1.54) is 5.56 Å². The van der Waals surface area contributed by atoms with Crippen molar-refractivity contribution in [2.75, 3.05) is 26.2 Å². The molecule has 1 aliphatic rings. The van der Waals surface area contributed by atoms with Gasteiger partial charge in [-0.25, -0.2) is 0 Å². The van der Waals surface area contributed by atoms with Gasteiger partial charge in [-0.05, 0) is 56.2 Å². The Bertz CT molecular complexity index is 1100. The molecule has 5 nitrogen and oxygen atoms in total. The van der Waals surface area contributed by atoms with Crippen molar-refractivity contribution in [2.45, 2.75) is 27.2 Å². The molecule has 1 saturated heterocycles. The Kier molecular flexibility index (Phi) is 5.53. The molecule has 0 bridgehead atoms. The minimum atomic E-state index is -0.0113. The quantitative estimate of drug-likeness (QED) is 0.666. The summed E-state index contributed by atoms with van der Waals surface area (Å²) in [6, 6.07) is 15.8. The van der Waals surface area contributed by atoms with Crippen molar-refractivity contribution in [2.24, 2.45) is 0 Å². The fraction of sp³-hybridized carbons (Fsp3) is 0.320. The fourth-order valence-electron chi connectivity index (χ4n) is 3.96. The van der Waals surface area contributed by atoms with E-state index in [4.69, 9.17) is 0 Å². The van der Waals surface area contributed by atoms with Crippen molar-refractivity contribution in [1.82, 2.24) is 14.8 Å². The molecule has 30 heavy (non-hydrogen) atoms. The molecular formula is C25H27N3O2. The van der Waals surface area contributed by atoms with Gasteiger partial charge in [0.05, 0.1) is 16.8 Å². The van der Waals surface area contributed by atoms with Crippen LogP contribution in [0.3, 0.4) is 0 Å². The molecule has 0 saturated carbocycles. The van der Waals surface area contributed by atoms with E-state index in [2.05, 4.69) is 18.0 Å². The lowest BCUT2D eigenvalue weighted by Gasteiger charge is -2.35. The maximum Gasteiger partial charge on any atom is 0.255 e. The normalized spacial score (nSPS) is 14.2. The van der Waals surface area contributed by atoms with E-state index < -0.39 is 0 Å². The number of hydrogen-bond acceptors (Lipinski definition) is 3. The van der Waals surface area contributed by atoms with Crippen LogP contribution in [0.5, 0.6) is 0 Å². The number of pyridine rings is 1. The van der Waals surface area contributed by atoms with E-state index >= 15 is 0 Å². The molecule has 0 aliphatic carbocycles. The first kappa shape index (κ1) is 20.1. The third-order valence-electron chi connectivity index (χ3n) is 5.85. The lowest BCUT2D eigenvalue weighted by Crippen LogP contribution is -2.50. The van der Waals surface area contributed by atoms with Crippen LogP contribution >= 0.6 is 0 Å². The van der Waals surface area contributed by atoms with Gasteiger partial charge in [0.2, 0.25) is 0 Å². The van der Waals surface area contributed by atoms with Gasteiger partial charge in [0, 0.05) is 37.1 Å². The lowest BCUT2D eigenvalue weighted by atomic mass is 10.1. The van der Waals surface area contributed by atoms with Crippen molar-refractivity contribution in [3.8, 4) is 0 Å². The molecule has 2 amide bonds. The molecule has 0 spiro atoms. The molecule has 154 valence electrons. The van der Waals surface area contributed by atoms with Crippen molar-refractivity contribution < 1.29 is 9.59 Å². The van der Waals surface area contributed by atoms with E-state index in [0.717, 1.165) is 28.6 Å². The van der Waals surface area contributed by atoms with Gasteiger partial charge in [-0.3, -0.25) is 14.6 Å². The molecule has 2 aromatic carbocycles. The molecule has 1 fully saturated rings. The van der Waals surface area contributed by atoms with E-state index in [-0.39, 0.29) is 11.8 Å². The smallest absolute Gasteiger partial charge is 0.255 e. The lowest BCUT2D eigenvalue weighted by molar-refractivity contribution is 0.0535. The number of amides is 2. The molecule has 2 heterocycles. The summed E-state index contributed by atoms with van der Waals surface area (Å²) in [6.45, 7) is 8.16. The number of carbonyl (C=O) groups excluding carboxylic acids is 2. The summed E-state index contributed by atoms with van der Waals surface area (Å²) in [5.74, 6) is 0.0200. The molecule has 4 rings (SSSR count). The first-order valence-corrected chi connectivity index (χ1v) is 10.5. The first-order valence-electron chi connectivity index (χ1n) is 10.5. The van der Waals surface area contributed by atoms with E-state index in [9.17, 15) is 9.59 Å². The summed E-state index contributed by atoms with van der Waals surface area (Å²) in [6.07, 6.45) is 0.956. The van der Waals surface area contributed by atoms with Gasteiger partial charge in [0.15, 0.2) is 0 Å². The summed E-state index contributed by atoms with van der Waals surface area (Å²) in [7, 11) is 0. The minimum Gasteiger partial charge on any atom is -0.335 e.